The van der Waals surface area contributed by atoms with Gasteiger partial charge < -0.3 is 0 Å². The Labute approximate surface area is 183 Å². The Balaban J connectivity index is 2.69. The molecule has 0 aliphatic rings. The van der Waals surface area contributed by atoms with Crippen LogP contribution in [0.25, 0.3) is 0 Å². The largest absolute Gasteiger partial charge is 0.179 e. The normalized spacial score (nSPS) is 21.5. The molecule has 0 saturated heterocycles. The molecule has 0 aromatic heterocycles. The molecule has 0 bridgehead atoms. The van der Waals surface area contributed by atoms with Crippen molar-refractivity contribution in [2.24, 2.45) is 0 Å². The van der Waals surface area contributed by atoms with Crippen LogP contribution >= 0.6 is 0 Å². The van der Waals surface area contributed by atoms with Crippen LogP contribution in [0.3, 0.4) is 0 Å². The molecule has 126 valence electrons. The molecule has 0 fully saturated rings. The Hall–Kier alpha value is -2.90. The molecule has 0 saturated carbocycles. The molecule has 0 atom stereocenters. The van der Waals surface area contributed by atoms with Gasteiger partial charge in [0.1, 0.15) is 0 Å². The molecule has 0 amide bonds. The van der Waals surface area contributed by atoms with E-state index in [0.717, 1.165) is 0 Å². The molecule has 4 rings (SSSR count). The van der Waals surface area contributed by atoms with Crippen LogP contribution in [-0.2, 0) is 0 Å². The lowest BCUT2D eigenvalue weighted by Gasteiger charge is -2.34. The third kappa shape index (κ3) is 2.81. The van der Waals surface area contributed by atoms with Crippen LogP contribution in [0.15, 0.2) is 115 Å². The summed E-state index contributed by atoms with van der Waals surface area (Å²) >= 11 is 0. The van der Waals surface area contributed by atoms with Gasteiger partial charge >= 0.3 is 0 Å². The van der Waals surface area contributed by atoms with Crippen molar-refractivity contribution in [2.45, 2.75) is 6.92 Å². The number of rotatable bonds is 4. The molecule has 0 aliphatic carbocycles. The highest BCUT2D eigenvalue weighted by Crippen LogP contribution is 2.10. The number of hydrogen-bond acceptors (Lipinski definition) is 0. The monoisotopic (exact) mass is 369 g/mol. The Morgan fingerprint density at radius 3 is 1.31 bits per heavy atom. The summed E-state index contributed by atoms with van der Waals surface area (Å²) in [6.07, 6.45) is 0. The van der Waals surface area contributed by atoms with Gasteiger partial charge in [0.25, 0.3) is 0 Å². The van der Waals surface area contributed by atoms with Gasteiger partial charge in [-0.3, -0.25) is 0 Å². The first kappa shape index (κ1) is 5.55. The van der Waals surface area contributed by atoms with Crippen molar-refractivity contribution < 1.29 is 26.0 Å². The van der Waals surface area contributed by atoms with Crippen LogP contribution in [-0.4, -0.2) is 8.07 Å². The Morgan fingerprint density at radius 2 is 0.885 bits per heavy atom. The van der Waals surface area contributed by atoms with E-state index in [-0.39, 0.29) is 5.56 Å². The van der Waals surface area contributed by atoms with Gasteiger partial charge in [-0.15, -0.1) is 0 Å². The summed E-state index contributed by atoms with van der Waals surface area (Å²) in [5.74, 6) is 0. The molecule has 26 heavy (non-hydrogen) atoms. The van der Waals surface area contributed by atoms with E-state index in [1.54, 1.807) is 0 Å². The van der Waals surface area contributed by atoms with E-state index in [1.165, 1.54) is 6.92 Å². The summed E-state index contributed by atoms with van der Waals surface area (Å²) in [6.45, 7) is 1.21. The van der Waals surface area contributed by atoms with Crippen molar-refractivity contribution in [1.29, 1.82) is 0 Å². The van der Waals surface area contributed by atoms with E-state index >= 15 is 0 Å². The lowest BCUT2D eigenvalue weighted by Crippen LogP contribution is -2.74. The fourth-order valence-corrected chi connectivity index (χ4v) is 6.31. The van der Waals surface area contributed by atoms with Crippen molar-refractivity contribution in [1.82, 2.24) is 0 Å². The highest BCUT2D eigenvalue weighted by Gasteiger charge is 2.41. The molecule has 1 heteroatoms. The topological polar surface area (TPSA) is 0 Å². The molecule has 4 aromatic rings. The molecule has 0 unspecified atom stereocenters. The molecule has 4 aromatic carbocycles. The van der Waals surface area contributed by atoms with E-state index in [1.807, 2.05) is 0 Å². The average molecular weight is 370 g/mol. The van der Waals surface area contributed by atoms with E-state index in [2.05, 4.69) is 0 Å². The first-order chi connectivity index (χ1) is 20.7. The van der Waals surface area contributed by atoms with Gasteiger partial charge in [-0.1, -0.05) is 120 Å². The van der Waals surface area contributed by atoms with Gasteiger partial charge in [0.2, 0.25) is 0 Å². The van der Waals surface area contributed by atoms with Crippen LogP contribution in [0.4, 0.5) is 0 Å². The van der Waals surface area contributed by atoms with Gasteiger partial charge in [-0.05, 0) is 27.7 Å². The van der Waals surface area contributed by atoms with Gasteiger partial charge in [0.15, 0.2) is 8.07 Å². The SMILES string of the molecule is [2H]c1c([2H])c([2H])c([Si](c2c([2H])c([2H])c([2H])c([2H])c2[2H])(c2c([2H])c([2H])c([2H])c([2H])c2[2H])c2c([2H])c([2H])c([2H])c(C)c2[2H])c([2H])c1[2H]. The minimum atomic E-state index is -5.67. The predicted molar refractivity (Wildman–Crippen MR) is 115 cm³/mol. The zero-order valence-electron chi connectivity index (χ0n) is 32.5. The Morgan fingerprint density at radius 1 is 0.500 bits per heavy atom. The number of hydrogen-bond donors (Lipinski definition) is 0. The number of benzene rings is 4. The molecule has 0 aliphatic heterocycles. The van der Waals surface area contributed by atoms with Crippen molar-refractivity contribution in [3.8, 4) is 0 Å². The fourth-order valence-electron chi connectivity index (χ4n) is 2.69. The molecule has 0 heterocycles. The molecule has 0 spiro atoms. The molecular formula is C25H22Si. The lowest BCUT2D eigenvalue weighted by molar-refractivity contribution is 1.49. The van der Waals surface area contributed by atoms with Crippen LogP contribution in [0, 0.1) is 6.92 Å². The third-order valence-corrected chi connectivity index (χ3v) is 7.75. The third-order valence-electron chi connectivity index (χ3n) is 3.75. The smallest absolute Gasteiger partial charge is 0.0623 e. The van der Waals surface area contributed by atoms with E-state index < -0.39 is 144 Å². The van der Waals surface area contributed by atoms with Crippen LogP contribution in [0.2, 0.25) is 0 Å². The minimum Gasteiger partial charge on any atom is -0.0623 e. The zero-order valence-corrected chi connectivity index (χ0v) is 14.5. The van der Waals surface area contributed by atoms with E-state index in [4.69, 9.17) is 26.0 Å². The quantitative estimate of drug-likeness (QED) is 0.382. The Kier molecular flexibility index (Phi) is 1.52. The van der Waals surface area contributed by atoms with Crippen molar-refractivity contribution in [3.63, 3.8) is 0 Å². The van der Waals surface area contributed by atoms with Crippen molar-refractivity contribution in [2.75, 3.05) is 0 Å². The van der Waals surface area contributed by atoms with Gasteiger partial charge in [0, 0.05) is 0 Å². The second kappa shape index (κ2) is 7.15. The fraction of sp³-hybridized carbons (Fsp3) is 0.0400. The van der Waals surface area contributed by atoms with Crippen LogP contribution in [0.5, 0.6) is 0 Å². The highest BCUT2D eigenvalue weighted by atomic mass is 28.3. The maximum Gasteiger partial charge on any atom is 0.179 e. The second-order valence-electron chi connectivity index (χ2n) is 5.25. The summed E-state index contributed by atoms with van der Waals surface area (Å²) in [7, 11) is -5.67. The van der Waals surface area contributed by atoms with E-state index in [0.29, 0.717) is 0 Å². The molecule has 0 nitrogen and oxygen atoms in total. The van der Waals surface area contributed by atoms with Gasteiger partial charge in [0.05, 0.1) is 26.0 Å². The zero-order chi connectivity index (χ0) is 34.4. The molecule has 0 N–H and O–H groups in total. The first-order valence-corrected chi connectivity index (χ1v) is 9.50. The standard InChI is InChI=1S/C25H22Si/c1-21-12-11-19-25(20-21)26(22-13-5-2-6-14-22,23-15-7-3-8-16-23)24-17-9-4-10-18-24/h2-20H,1H3/i2D,3D,4D,5D,6D,7D,8D,9D,10D,11D,12D,13D,14D,15D,16D,17D,18D,19D,20D. The summed E-state index contributed by atoms with van der Waals surface area (Å²) in [5, 5.41) is -3.33. The molecule has 0 radical (unpaired) electrons. The summed E-state index contributed by atoms with van der Waals surface area (Å²) < 4.78 is 164. The first-order valence-electron chi connectivity index (χ1n) is 17.0. The summed E-state index contributed by atoms with van der Waals surface area (Å²) in [4.78, 5) is 0. The van der Waals surface area contributed by atoms with Crippen LogP contribution < -0.4 is 20.7 Å². The van der Waals surface area contributed by atoms with Crippen LogP contribution in [0.1, 0.15) is 31.6 Å². The maximum atomic E-state index is 9.10. The lowest BCUT2D eigenvalue weighted by atomic mass is 10.2. The minimum absolute atomic E-state index is 0.282. The second-order valence-corrected chi connectivity index (χ2v) is 8.75. The van der Waals surface area contributed by atoms with Crippen molar-refractivity contribution in [3.05, 3.63) is 120 Å². The molecular weight excluding hydrogens is 328 g/mol. The van der Waals surface area contributed by atoms with Gasteiger partial charge in [-0.2, -0.15) is 0 Å². The predicted octanol–water partition coefficient (Wildman–Crippen LogP) is 3.37. The summed E-state index contributed by atoms with van der Waals surface area (Å²) in [5.41, 5.74) is -0.282. The highest BCUT2D eigenvalue weighted by molar-refractivity contribution is 7.19. The summed E-state index contributed by atoms with van der Waals surface area (Å²) in [6, 6.07) is -18.1. The van der Waals surface area contributed by atoms with E-state index in [9.17, 15) is 0 Å². The average Bonchev–Trinajstić information content (AvgIpc) is 3.00. The Bertz CT molecular complexity index is 1570. The van der Waals surface area contributed by atoms with Crippen molar-refractivity contribution >= 4 is 28.8 Å². The maximum absolute atomic E-state index is 9.10. The van der Waals surface area contributed by atoms with Gasteiger partial charge in [-0.25, -0.2) is 0 Å².